The van der Waals surface area contributed by atoms with E-state index in [9.17, 15) is 27.2 Å². The molecule has 0 saturated heterocycles. The molecule has 0 bridgehead atoms. The number of halogens is 4. The topological polar surface area (TPSA) is 61.4 Å². The van der Waals surface area contributed by atoms with Crippen LogP contribution in [-0.2, 0) is 11.0 Å². The molecule has 2 amide bonds. The van der Waals surface area contributed by atoms with Crippen molar-refractivity contribution in [3.05, 3.63) is 53.3 Å². The molecule has 5 nitrogen and oxygen atoms in total. The molecule has 0 aromatic heterocycles. The van der Waals surface area contributed by atoms with E-state index in [0.717, 1.165) is 31.0 Å². The second kappa shape index (κ2) is 9.60. The zero-order valence-electron chi connectivity index (χ0n) is 16.9. The Balaban J connectivity index is 2.40. The van der Waals surface area contributed by atoms with E-state index in [-0.39, 0.29) is 16.9 Å². The van der Waals surface area contributed by atoms with Crippen molar-refractivity contribution < 1.29 is 27.2 Å². The van der Waals surface area contributed by atoms with Gasteiger partial charge in [-0.3, -0.25) is 9.59 Å². The summed E-state index contributed by atoms with van der Waals surface area (Å²) >= 11 is 0. The SMILES string of the molecule is CCCCN(C)c1ccc(C(F)(F)F)cc1C(=O)Nc1ccc(F)c(NC(C)=O)c1. The number of nitrogens with zero attached hydrogens (tertiary/aromatic N) is 1. The van der Waals surface area contributed by atoms with Crippen molar-refractivity contribution >= 4 is 28.9 Å². The quantitative estimate of drug-likeness (QED) is 0.593. The van der Waals surface area contributed by atoms with Gasteiger partial charge in [0.2, 0.25) is 5.91 Å². The normalized spacial score (nSPS) is 11.2. The van der Waals surface area contributed by atoms with E-state index in [0.29, 0.717) is 12.2 Å². The highest BCUT2D eigenvalue weighted by atomic mass is 19.4. The second-order valence-electron chi connectivity index (χ2n) is 6.83. The summed E-state index contributed by atoms with van der Waals surface area (Å²) in [5, 5.41) is 4.76. The van der Waals surface area contributed by atoms with Crippen LogP contribution in [0.2, 0.25) is 0 Å². The number of carbonyl (C=O) groups is 2. The molecule has 0 aliphatic rings. The van der Waals surface area contributed by atoms with E-state index >= 15 is 0 Å². The number of alkyl halides is 3. The smallest absolute Gasteiger partial charge is 0.374 e. The minimum atomic E-state index is -4.61. The first-order chi connectivity index (χ1) is 14.0. The summed E-state index contributed by atoms with van der Waals surface area (Å²) in [4.78, 5) is 25.7. The molecule has 0 unspecified atom stereocenters. The Hall–Kier alpha value is -3.10. The highest BCUT2D eigenvalue weighted by Crippen LogP contribution is 2.33. The number of hydrogen-bond donors (Lipinski definition) is 2. The molecule has 0 aliphatic carbocycles. The van der Waals surface area contributed by atoms with Gasteiger partial charge < -0.3 is 15.5 Å². The summed E-state index contributed by atoms with van der Waals surface area (Å²) in [5.41, 5.74) is -0.778. The Kier molecular flexibility index (Phi) is 7.42. The molecule has 0 heterocycles. The van der Waals surface area contributed by atoms with E-state index in [2.05, 4.69) is 10.6 Å². The van der Waals surface area contributed by atoms with Crippen LogP contribution in [0.1, 0.15) is 42.6 Å². The van der Waals surface area contributed by atoms with E-state index in [1.807, 2.05) is 6.92 Å². The van der Waals surface area contributed by atoms with Gasteiger partial charge in [0.25, 0.3) is 5.91 Å². The highest BCUT2D eigenvalue weighted by molar-refractivity contribution is 6.08. The second-order valence-corrected chi connectivity index (χ2v) is 6.83. The maximum absolute atomic E-state index is 13.8. The lowest BCUT2D eigenvalue weighted by Crippen LogP contribution is -2.24. The number of carbonyl (C=O) groups excluding carboxylic acids is 2. The van der Waals surface area contributed by atoms with Gasteiger partial charge >= 0.3 is 6.18 Å². The van der Waals surface area contributed by atoms with Gasteiger partial charge in [0, 0.05) is 31.9 Å². The van der Waals surface area contributed by atoms with Crippen molar-refractivity contribution in [2.45, 2.75) is 32.9 Å². The molecule has 0 fully saturated rings. The third-order valence-corrected chi connectivity index (χ3v) is 4.36. The van der Waals surface area contributed by atoms with Crippen LogP contribution in [-0.4, -0.2) is 25.4 Å². The number of unbranched alkanes of at least 4 members (excludes halogenated alkanes) is 1. The summed E-state index contributed by atoms with van der Waals surface area (Å²) in [5.74, 6) is -1.99. The number of amides is 2. The fourth-order valence-electron chi connectivity index (χ4n) is 2.83. The first kappa shape index (κ1) is 23.2. The maximum atomic E-state index is 13.8. The molecule has 2 aromatic rings. The van der Waals surface area contributed by atoms with E-state index in [1.165, 1.54) is 25.1 Å². The lowest BCUT2D eigenvalue weighted by molar-refractivity contribution is -0.137. The zero-order chi connectivity index (χ0) is 22.5. The fraction of sp³-hybridized carbons (Fsp3) is 0.333. The first-order valence-corrected chi connectivity index (χ1v) is 9.33. The molecule has 0 atom stereocenters. The van der Waals surface area contributed by atoms with Crippen LogP contribution in [0.25, 0.3) is 0 Å². The van der Waals surface area contributed by atoms with Crippen LogP contribution in [0.15, 0.2) is 36.4 Å². The van der Waals surface area contributed by atoms with Crippen molar-refractivity contribution in [3.63, 3.8) is 0 Å². The van der Waals surface area contributed by atoms with Crippen LogP contribution in [0.5, 0.6) is 0 Å². The Labute approximate surface area is 172 Å². The van der Waals surface area contributed by atoms with Gasteiger partial charge in [-0.25, -0.2) is 4.39 Å². The van der Waals surface area contributed by atoms with Gasteiger partial charge in [0.15, 0.2) is 0 Å². The lowest BCUT2D eigenvalue weighted by Gasteiger charge is -2.23. The van der Waals surface area contributed by atoms with Gasteiger partial charge in [0.05, 0.1) is 16.8 Å². The predicted octanol–water partition coefficient (Wildman–Crippen LogP) is 5.29. The van der Waals surface area contributed by atoms with Crippen molar-refractivity contribution in [3.8, 4) is 0 Å². The third-order valence-electron chi connectivity index (χ3n) is 4.36. The molecule has 2 rings (SSSR count). The molecule has 9 heteroatoms. The molecule has 2 N–H and O–H groups in total. The first-order valence-electron chi connectivity index (χ1n) is 9.33. The molecular weight excluding hydrogens is 402 g/mol. The van der Waals surface area contributed by atoms with Crippen LogP contribution >= 0.6 is 0 Å². The van der Waals surface area contributed by atoms with Crippen LogP contribution in [0.4, 0.5) is 34.6 Å². The molecule has 30 heavy (non-hydrogen) atoms. The summed E-state index contributed by atoms with van der Waals surface area (Å²) < 4.78 is 53.4. The largest absolute Gasteiger partial charge is 0.416 e. The van der Waals surface area contributed by atoms with E-state index in [1.54, 1.807) is 11.9 Å². The molecule has 162 valence electrons. The van der Waals surface area contributed by atoms with Crippen molar-refractivity contribution in [1.29, 1.82) is 0 Å². The molecular formula is C21H23F4N3O2. The number of hydrogen-bond acceptors (Lipinski definition) is 3. The fourth-order valence-corrected chi connectivity index (χ4v) is 2.83. The lowest BCUT2D eigenvalue weighted by atomic mass is 10.1. The van der Waals surface area contributed by atoms with Crippen molar-refractivity contribution in [2.75, 3.05) is 29.1 Å². The minimum Gasteiger partial charge on any atom is -0.374 e. The van der Waals surface area contributed by atoms with Gasteiger partial charge in [-0.05, 0) is 42.8 Å². The average Bonchev–Trinajstić information content (AvgIpc) is 2.67. The number of benzene rings is 2. The summed E-state index contributed by atoms with van der Waals surface area (Å²) in [6, 6.07) is 6.49. The Bertz CT molecular complexity index is 929. The van der Waals surface area contributed by atoms with Crippen LogP contribution in [0.3, 0.4) is 0 Å². The van der Waals surface area contributed by atoms with Crippen molar-refractivity contribution in [2.24, 2.45) is 0 Å². The molecule has 0 spiro atoms. The summed E-state index contributed by atoms with van der Waals surface area (Å²) in [6.07, 6.45) is -2.92. The standard InChI is InChI=1S/C21H23F4N3O2/c1-4-5-10-28(3)19-9-6-14(21(23,24)25)11-16(19)20(30)27-15-7-8-17(22)18(12-15)26-13(2)29/h6-9,11-12H,4-5,10H2,1-3H3,(H,26,29)(H,27,30). The number of rotatable bonds is 7. The zero-order valence-corrected chi connectivity index (χ0v) is 16.9. The van der Waals surface area contributed by atoms with E-state index in [4.69, 9.17) is 0 Å². The number of nitrogens with one attached hydrogen (secondary N) is 2. The Morgan fingerprint density at radius 3 is 2.37 bits per heavy atom. The Morgan fingerprint density at radius 1 is 1.07 bits per heavy atom. The average molecular weight is 425 g/mol. The van der Waals surface area contributed by atoms with E-state index < -0.39 is 29.4 Å². The molecule has 0 aliphatic heterocycles. The molecule has 0 radical (unpaired) electrons. The van der Waals surface area contributed by atoms with Gasteiger partial charge in [-0.1, -0.05) is 13.3 Å². The van der Waals surface area contributed by atoms with Crippen molar-refractivity contribution in [1.82, 2.24) is 0 Å². The molecule has 2 aromatic carbocycles. The summed E-state index contributed by atoms with van der Waals surface area (Å²) in [7, 11) is 1.70. The third kappa shape index (κ3) is 5.95. The molecule has 0 saturated carbocycles. The minimum absolute atomic E-state index is 0.129. The predicted molar refractivity (Wildman–Crippen MR) is 108 cm³/mol. The maximum Gasteiger partial charge on any atom is 0.416 e. The monoisotopic (exact) mass is 425 g/mol. The Morgan fingerprint density at radius 2 is 1.77 bits per heavy atom. The van der Waals surface area contributed by atoms with Gasteiger partial charge in [-0.15, -0.1) is 0 Å². The summed E-state index contributed by atoms with van der Waals surface area (Å²) in [6.45, 7) is 3.74. The van der Waals surface area contributed by atoms with Gasteiger partial charge in [-0.2, -0.15) is 13.2 Å². The van der Waals surface area contributed by atoms with Gasteiger partial charge in [0.1, 0.15) is 5.82 Å². The van der Waals surface area contributed by atoms with Crippen LogP contribution in [0, 0.1) is 5.82 Å². The van der Waals surface area contributed by atoms with Crippen LogP contribution < -0.4 is 15.5 Å². The highest BCUT2D eigenvalue weighted by Gasteiger charge is 2.32. The number of anilines is 3.